The molecule has 1 fully saturated rings. The van der Waals surface area contributed by atoms with Gasteiger partial charge in [0.15, 0.2) is 15.6 Å². The molecule has 3 heterocycles. The van der Waals surface area contributed by atoms with Crippen LogP contribution in [-0.2, 0) is 16.4 Å². The van der Waals surface area contributed by atoms with E-state index in [2.05, 4.69) is 0 Å². The van der Waals surface area contributed by atoms with Crippen LogP contribution in [0.25, 0.3) is 6.08 Å². The van der Waals surface area contributed by atoms with Crippen LogP contribution in [0.2, 0.25) is 0 Å². The number of nitrogens with zero attached hydrogens (tertiary/aromatic N) is 1. The van der Waals surface area contributed by atoms with Gasteiger partial charge in [0.25, 0.3) is 0 Å². The van der Waals surface area contributed by atoms with Gasteiger partial charge in [-0.1, -0.05) is 18.2 Å². The minimum atomic E-state index is -2.98. The number of Topliss-reactive ketones (excluding diaryl/α,β-unsaturated/α-hetero) is 1. The first-order chi connectivity index (χ1) is 14.9. The van der Waals surface area contributed by atoms with Crippen molar-refractivity contribution in [3.63, 3.8) is 0 Å². The van der Waals surface area contributed by atoms with Gasteiger partial charge in [-0.15, -0.1) is 0 Å². The lowest BCUT2D eigenvalue weighted by molar-refractivity contribution is 0.0637. The summed E-state index contributed by atoms with van der Waals surface area (Å²) in [5.41, 5.74) is 2.92. The Kier molecular flexibility index (Phi) is 4.79. The molecule has 31 heavy (non-hydrogen) atoms. The highest BCUT2D eigenvalue weighted by atomic mass is 32.2. The Morgan fingerprint density at radius 1 is 1.23 bits per heavy atom. The second kappa shape index (κ2) is 7.39. The number of rotatable bonds is 3. The first-order valence-corrected chi connectivity index (χ1v) is 12.0. The van der Waals surface area contributed by atoms with Gasteiger partial charge >= 0.3 is 0 Å². The molecule has 0 radical (unpaired) electrons. The fourth-order valence-electron chi connectivity index (χ4n) is 4.49. The Hall–Kier alpha value is -2.84. The number of ether oxygens (including phenoxy) is 3. The molecule has 0 bridgehead atoms. The summed E-state index contributed by atoms with van der Waals surface area (Å²) < 4.78 is 41.1. The lowest BCUT2D eigenvalue weighted by atomic mass is 9.99. The average Bonchev–Trinajstić information content (AvgIpc) is 3.28. The van der Waals surface area contributed by atoms with E-state index in [4.69, 9.17) is 14.2 Å². The molecule has 0 unspecified atom stereocenters. The van der Waals surface area contributed by atoms with E-state index in [1.807, 2.05) is 42.2 Å². The number of allylic oxidation sites excluding steroid dienone is 1. The highest BCUT2D eigenvalue weighted by Crippen LogP contribution is 2.44. The number of sulfone groups is 1. The van der Waals surface area contributed by atoms with Gasteiger partial charge in [-0.05, 0) is 31.6 Å². The number of benzene rings is 2. The van der Waals surface area contributed by atoms with E-state index in [0.717, 1.165) is 16.7 Å². The van der Waals surface area contributed by atoms with Gasteiger partial charge < -0.3 is 14.2 Å². The number of hydrogen-bond donors (Lipinski definition) is 0. The topological polar surface area (TPSA) is 82.1 Å². The predicted molar refractivity (Wildman–Crippen MR) is 115 cm³/mol. The molecule has 2 aromatic rings. The fourth-order valence-corrected chi connectivity index (χ4v) is 6.25. The van der Waals surface area contributed by atoms with E-state index in [9.17, 15) is 13.2 Å². The van der Waals surface area contributed by atoms with Crippen molar-refractivity contribution < 1.29 is 27.4 Å². The first kappa shape index (κ1) is 20.1. The van der Waals surface area contributed by atoms with Crippen LogP contribution in [0, 0.1) is 6.92 Å². The number of carbonyl (C=O) groups excluding carboxylic acids is 1. The Balaban J connectivity index is 1.46. The quantitative estimate of drug-likeness (QED) is 0.678. The molecular weight excluding hydrogens is 418 g/mol. The maximum absolute atomic E-state index is 13.1. The zero-order valence-electron chi connectivity index (χ0n) is 17.4. The molecular formula is C23H23NO6S. The zero-order chi connectivity index (χ0) is 21.8. The van der Waals surface area contributed by atoms with Crippen molar-refractivity contribution in [3.8, 4) is 17.2 Å². The molecule has 0 aromatic heterocycles. The molecule has 2 aromatic carbocycles. The van der Waals surface area contributed by atoms with Gasteiger partial charge in [0.1, 0.15) is 24.0 Å². The third kappa shape index (κ3) is 3.49. The maximum atomic E-state index is 13.1. The molecule has 7 nitrogen and oxygen atoms in total. The predicted octanol–water partition coefficient (Wildman–Crippen LogP) is 2.96. The van der Waals surface area contributed by atoms with Gasteiger partial charge in [0, 0.05) is 29.3 Å². The van der Waals surface area contributed by atoms with E-state index in [1.54, 1.807) is 13.2 Å². The van der Waals surface area contributed by atoms with Crippen LogP contribution in [0.1, 0.15) is 33.5 Å². The molecule has 0 amide bonds. The van der Waals surface area contributed by atoms with Gasteiger partial charge in [-0.2, -0.15) is 0 Å². The van der Waals surface area contributed by atoms with E-state index >= 15 is 0 Å². The minimum absolute atomic E-state index is 0.0559. The summed E-state index contributed by atoms with van der Waals surface area (Å²) in [5.74, 6) is 2.31. The van der Waals surface area contributed by atoms with E-state index < -0.39 is 9.84 Å². The number of fused-ring (bicyclic) bond motifs is 2. The van der Waals surface area contributed by atoms with Crippen LogP contribution in [0.5, 0.6) is 17.2 Å². The molecule has 3 aliphatic rings. The SMILES string of the molecule is COc1ccccc1/C=C1\Oc2c(cc3c(c2C)OCN([C@@H]2CCS(=O)(=O)C2)C3)C1=O. The van der Waals surface area contributed by atoms with Gasteiger partial charge in [-0.3, -0.25) is 9.69 Å². The summed E-state index contributed by atoms with van der Waals surface area (Å²) in [5, 5.41) is 0. The van der Waals surface area contributed by atoms with Crippen LogP contribution in [0.3, 0.4) is 0 Å². The summed E-state index contributed by atoms with van der Waals surface area (Å²) in [4.78, 5) is 15.1. The first-order valence-electron chi connectivity index (χ1n) is 10.2. The third-order valence-corrected chi connectivity index (χ3v) is 7.87. The van der Waals surface area contributed by atoms with Crippen LogP contribution < -0.4 is 14.2 Å². The Morgan fingerprint density at radius 3 is 2.77 bits per heavy atom. The van der Waals surface area contributed by atoms with Crippen LogP contribution >= 0.6 is 0 Å². The molecule has 8 heteroatoms. The van der Waals surface area contributed by atoms with E-state index in [0.29, 0.717) is 42.5 Å². The molecule has 0 N–H and O–H groups in total. The second-order valence-corrected chi connectivity index (χ2v) is 10.4. The number of hydrogen-bond acceptors (Lipinski definition) is 7. The zero-order valence-corrected chi connectivity index (χ0v) is 18.2. The van der Waals surface area contributed by atoms with Crippen molar-refractivity contribution >= 4 is 21.7 Å². The number of para-hydroxylation sites is 1. The fraction of sp³-hybridized carbons (Fsp3) is 0.348. The smallest absolute Gasteiger partial charge is 0.231 e. The molecule has 0 saturated carbocycles. The molecule has 1 saturated heterocycles. The normalized spacial score (nSPS) is 23.2. The van der Waals surface area contributed by atoms with Crippen molar-refractivity contribution in [3.05, 3.63) is 58.3 Å². The number of ketones is 1. The highest BCUT2D eigenvalue weighted by Gasteiger charge is 2.37. The number of methoxy groups -OCH3 is 1. The van der Waals surface area contributed by atoms with Gasteiger partial charge in [0.05, 0.1) is 24.2 Å². The molecule has 5 rings (SSSR count). The van der Waals surface area contributed by atoms with Crippen molar-refractivity contribution in [2.45, 2.75) is 25.9 Å². The van der Waals surface area contributed by atoms with Crippen LogP contribution in [0.4, 0.5) is 0 Å². The third-order valence-electron chi connectivity index (χ3n) is 6.11. The van der Waals surface area contributed by atoms with Gasteiger partial charge in [0.2, 0.25) is 5.78 Å². The molecule has 3 aliphatic heterocycles. The minimum Gasteiger partial charge on any atom is -0.496 e. The average molecular weight is 442 g/mol. The Morgan fingerprint density at radius 2 is 2.03 bits per heavy atom. The van der Waals surface area contributed by atoms with Gasteiger partial charge in [-0.25, -0.2) is 8.42 Å². The van der Waals surface area contributed by atoms with Crippen LogP contribution in [-0.4, -0.2) is 50.5 Å². The lowest BCUT2D eigenvalue weighted by Gasteiger charge is -2.33. The maximum Gasteiger partial charge on any atom is 0.231 e. The summed E-state index contributed by atoms with van der Waals surface area (Å²) in [6.07, 6.45) is 2.30. The van der Waals surface area contributed by atoms with E-state index in [-0.39, 0.29) is 29.1 Å². The standard InChI is InChI=1S/C23H23NO6S/c1-14-22-16(11-24(13-29-22)17-7-8-31(26,27)12-17)9-18-21(25)20(30-23(14)18)10-15-5-3-4-6-19(15)28-2/h3-6,9-10,17H,7-8,11-13H2,1-2H3/b20-10-/t17-/m1/s1. The van der Waals surface area contributed by atoms with Crippen molar-refractivity contribution in [2.24, 2.45) is 0 Å². The van der Waals surface area contributed by atoms with Crippen molar-refractivity contribution in [1.82, 2.24) is 4.90 Å². The van der Waals surface area contributed by atoms with Crippen LogP contribution in [0.15, 0.2) is 36.1 Å². The summed E-state index contributed by atoms with van der Waals surface area (Å²) in [6, 6.07) is 9.19. The summed E-state index contributed by atoms with van der Waals surface area (Å²) in [7, 11) is -1.40. The summed E-state index contributed by atoms with van der Waals surface area (Å²) >= 11 is 0. The molecule has 162 valence electrons. The second-order valence-electron chi connectivity index (χ2n) is 8.13. The molecule has 0 spiro atoms. The lowest BCUT2D eigenvalue weighted by Crippen LogP contribution is -2.41. The van der Waals surface area contributed by atoms with Crippen molar-refractivity contribution in [2.75, 3.05) is 25.3 Å². The monoisotopic (exact) mass is 441 g/mol. The van der Waals surface area contributed by atoms with E-state index in [1.165, 1.54) is 0 Å². The molecule has 1 atom stereocenters. The summed E-state index contributed by atoms with van der Waals surface area (Å²) in [6.45, 7) is 2.75. The number of carbonyl (C=O) groups is 1. The highest BCUT2D eigenvalue weighted by molar-refractivity contribution is 7.91. The Bertz CT molecular complexity index is 1220. The molecule has 0 aliphatic carbocycles. The van der Waals surface area contributed by atoms with Crippen molar-refractivity contribution in [1.29, 1.82) is 0 Å². The Labute approximate surface area is 181 Å². The largest absolute Gasteiger partial charge is 0.496 e.